The minimum atomic E-state index is -3.64. The van der Waals surface area contributed by atoms with Gasteiger partial charge < -0.3 is 0 Å². The summed E-state index contributed by atoms with van der Waals surface area (Å²) in [6.45, 7) is 3.93. The molecule has 0 aliphatic carbocycles. The minimum absolute atomic E-state index is 0.271. The molecule has 0 radical (unpaired) electrons. The van der Waals surface area contributed by atoms with Crippen LogP contribution in [0.4, 0.5) is 0 Å². The molecule has 0 amide bonds. The van der Waals surface area contributed by atoms with Crippen LogP contribution in [-0.2, 0) is 10.0 Å². The molecule has 4 heteroatoms. The van der Waals surface area contributed by atoms with E-state index in [0.29, 0.717) is 0 Å². The number of benzene rings is 3. The standard InChI is InChI=1S/C21H21NO2S/c1-16-12-14-19(15-13-16)25(23,24)22-21(18-9-4-3-5-10-18)20-11-7-6-8-17(20)2/h3-15,21-22H,1-2H3/t21-/m0/s1. The first-order valence-electron chi connectivity index (χ1n) is 8.17. The highest BCUT2D eigenvalue weighted by atomic mass is 32.2. The van der Waals surface area contributed by atoms with Gasteiger partial charge in [-0.15, -0.1) is 0 Å². The van der Waals surface area contributed by atoms with Crippen molar-refractivity contribution < 1.29 is 8.42 Å². The van der Waals surface area contributed by atoms with Crippen molar-refractivity contribution in [1.82, 2.24) is 4.72 Å². The van der Waals surface area contributed by atoms with Gasteiger partial charge in [0.25, 0.3) is 0 Å². The molecule has 128 valence electrons. The lowest BCUT2D eigenvalue weighted by molar-refractivity contribution is 0.572. The fourth-order valence-corrected chi connectivity index (χ4v) is 4.01. The Kier molecular flexibility index (Phi) is 5.02. The van der Waals surface area contributed by atoms with Crippen LogP contribution in [-0.4, -0.2) is 8.42 Å². The summed E-state index contributed by atoms with van der Waals surface area (Å²) in [6, 6.07) is 23.9. The predicted octanol–water partition coefficient (Wildman–Crippen LogP) is 4.37. The molecule has 1 atom stereocenters. The van der Waals surface area contributed by atoms with Gasteiger partial charge in [-0.05, 0) is 42.7 Å². The van der Waals surface area contributed by atoms with Gasteiger partial charge in [0, 0.05) is 0 Å². The van der Waals surface area contributed by atoms with Gasteiger partial charge in [0.2, 0.25) is 10.0 Å². The molecular formula is C21H21NO2S. The van der Waals surface area contributed by atoms with Crippen LogP contribution in [0.3, 0.4) is 0 Å². The summed E-state index contributed by atoms with van der Waals surface area (Å²) in [5, 5.41) is 0. The summed E-state index contributed by atoms with van der Waals surface area (Å²) in [4.78, 5) is 0.271. The Balaban J connectivity index is 2.04. The van der Waals surface area contributed by atoms with Crippen molar-refractivity contribution in [3.05, 3.63) is 101 Å². The maximum Gasteiger partial charge on any atom is 0.241 e. The van der Waals surface area contributed by atoms with Crippen molar-refractivity contribution in [3.8, 4) is 0 Å². The van der Waals surface area contributed by atoms with Gasteiger partial charge in [-0.1, -0.05) is 72.3 Å². The lowest BCUT2D eigenvalue weighted by atomic mass is 9.96. The van der Waals surface area contributed by atoms with Crippen molar-refractivity contribution in [3.63, 3.8) is 0 Å². The third-order valence-corrected chi connectivity index (χ3v) is 5.68. The molecule has 0 saturated carbocycles. The second-order valence-electron chi connectivity index (χ2n) is 6.13. The van der Waals surface area contributed by atoms with E-state index in [1.807, 2.05) is 68.4 Å². The zero-order chi connectivity index (χ0) is 17.9. The first kappa shape index (κ1) is 17.4. The molecule has 3 rings (SSSR count). The Labute approximate surface area is 149 Å². The second-order valence-corrected chi connectivity index (χ2v) is 7.85. The molecule has 0 fully saturated rings. The van der Waals surface area contributed by atoms with Gasteiger partial charge in [0.1, 0.15) is 0 Å². The molecule has 0 aliphatic heterocycles. The van der Waals surface area contributed by atoms with Crippen LogP contribution in [0.5, 0.6) is 0 Å². The van der Waals surface area contributed by atoms with Crippen LogP contribution >= 0.6 is 0 Å². The SMILES string of the molecule is Cc1ccc(S(=O)(=O)N[C@@H](c2ccccc2)c2ccccc2C)cc1. The number of nitrogens with one attached hydrogen (secondary N) is 1. The van der Waals surface area contributed by atoms with E-state index in [1.54, 1.807) is 24.3 Å². The Hall–Kier alpha value is -2.43. The molecule has 3 nitrogen and oxygen atoms in total. The second kappa shape index (κ2) is 7.21. The topological polar surface area (TPSA) is 46.2 Å². The van der Waals surface area contributed by atoms with E-state index in [1.165, 1.54) is 0 Å². The quantitative estimate of drug-likeness (QED) is 0.742. The Morgan fingerprint density at radius 1 is 0.760 bits per heavy atom. The Morgan fingerprint density at radius 2 is 1.36 bits per heavy atom. The molecule has 0 aliphatic rings. The lowest BCUT2D eigenvalue weighted by Crippen LogP contribution is -2.30. The van der Waals surface area contributed by atoms with Gasteiger partial charge >= 0.3 is 0 Å². The van der Waals surface area contributed by atoms with Crippen molar-refractivity contribution >= 4 is 10.0 Å². The number of rotatable bonds is 5. The smallest absolute Gasteiger partial charge is 0.207 e. The maximum absolute atomic E-state index is 12.9. The Bertz CT molecular complexity index is 949. The average Bonchev–Trinajstić information content (AvgIpc) is 2.61. The average molecular weight is 351 g/mol. The van der Waals surface area contributed by atoms with Crippen LogP contribution in [0.1, 0.15) is 28.3 Å². The highest BCUT2D eigenvalue weighted by Gasteiger charge is 2.23. The lowest BCUT2D eigenvalue weighted by Gasteiger charge is -2.21. The van der Waals surface area contributed by atoms with Gasteiger partial charge in [-0.3, -0.25) is 0 Å². The largest absolute Gasteiger partial charge is 0.241 e. The van der Waals surface area contributed by atoms with E-state index >= 15 is 0 Å². The molecule has 1 N–H and O–H groups in total. The molecule has 0 saturated heterocycles. The molecule has 0 heterocycles. The number of hydrogen-bond acceptors (Lipinski definition) is 2. The van der Waals surface area contributed by atoms with Crippen LogP contribution in [0.2, 0.25) is 0 Å². The summed E-state index contributed by atoms with van der Waals surface area (Å²) in [6.07, 6.45) is 0. The van der Waals surface area contributed by atoms with Crippen molar-refractivity contribution in [2.24, 2.45) is 0 Å². The van der Waals surface area contributed by atoms with Crippen molar-refractivity contribution in [2.75, 3.05) is 0 Å². The third-order valence-electron chi connectivity index (χ3n) is 4.24. The summed E-state index contributed by atoms with van der Waals surface area (Å²) in [5.41, 5.74) is 3.93. The van der Waals surface area contributed by atoms with Gasteiger partial charge in [0.05, 0.1) is 10.9 Å². The highest BCUT2D eigenvalue weighted by molar-refractivity contribution is 7.89. The van der Waals surface area contributed by atoms with Gasteiger partial charge in [-0.2, -0.15) is 4.72 Å². The zero-order valence-corrected chi connectivity index (χ0v) is 15.1. The van der Waals surface area contributed by atoms with Crippen LogP contribution < -0.4 is 4.72 Å². The number of sulfonamides is 1. The van der Waals surface area contributed by atoms with Crippen LogP contribution in [0.15, 0.2) is 83.8 Å². The molecule has 3 aromatic carbocycles. The van der Waals surface area contributed by atoms with E-state index < -0.39 is 16.1 Å². The first-order valence-corrected chi connectivity index (χ1v) is 9.65. The van der Waals surface area contributed by atoms with Gasteiger partial charge in [-0.25, -0.2) is 8.42 Å². The Morgan fingerprint density at radius 3 is 2.00 bits per heavy atom. The third kappa shape index (κ3) is 3.98. The fourth-order valence-electron chi connectivity index (χ4n) is 2.81. The molecular weight excluding hydrogens is 330 g/mol. The molecule has 0 spiro atoms. The van der Waals surface area contributed by atoms with Crippen LogP contribution in [0.25, 0.3) is 0 Å². The van der Waals surface area contributed by atoms with E-state index in [-0.39, 0.29) is 4.90 Å². The fraction of sp³-hybridized carbons (Fsp3) is 0.143. The normalized spacial score (nSPS) is 12.7. The summed E-state index contributed by atoms with van der Waals surface area (Å²) >= 11 is 0. The monoisotopic (exact) mass is 351 g/mol. The molecule has 0 unspecified atom stereocenters. The number of aryl methyl sites for hydroxylation is 2. The predicted molar refractivity (Wildman–Crippen MR) is 101 cm³/mol. The van der Waals surface area contributed by atoms with Gasteiger partial charge in [0.15, 0.2) is 0 Å². The van der Waals surface area contributed by atoms with E-state index in [4.69, 9.17) is 0 Å². The van der Waals surface area contributed by atoms with Crippen molar-refractivity contribution in [2.45, 2.75) is 24.8 Å². The van der Waals surface area contributed by atoms with E-state index in [0.717, 1.165) is 22.3 Å². The summed E-state index contributed by atoms with van der Waals surface area (Å²) < 4.78 is 28.7. The minimum Gasteiger partial charge on any atom is -0.207 e. The van der Waals surface area contributed by atoms with Crippen LogP contribution in [0, 0.1) is 13.8 Å². The summed E-state index contributed by atoms with van der Waals surface area (Å²) in [5.74, 6) is 0. The molecule has 25 heavy (non-hydrogen) atoms. The van der Waals surface area contributed by atoms with E-state index in [2.05, 4.69) is 4.72 Å². The first-order chi connectivity index (χ1) is 12.0. The maximum atomic E-state index is 12.9. The van der Waals surface area contributed by atoms with Crippen molar-refractivity contribution in [1.29, 1.82) is 0 Å². The summed E-state index contributed by atoms with van der Waals surface area (Å²) in [7, 11) is -3.64. The molecule has 0 bridgehead atoms. The molecule has 0 aromatic heterocycles. The van der Waals surface area contributed by atoms with E-state index in [9.17, 15) is 8.42 Å². The molecule has 3 aromatic rings. The highest BCUT2D eigenvalue weighted by Crippen LogP contribution is 2.27. The number of hydrogen-bond donors (Lipinski definition) is 1. The zero-order valence-electron chi connectivity index (χ0n) is 14.3.